The van der Waals surface area contributed by atoms with Crippen molar-refractivity contribution in [3.05, 3.63) is 107 Å². The Morgan fingerprint density at radius 3 is 2.05 bits per heavy atom. The van der Waals surface area contributed by atoms with Crippen LogP contribution in [0.15, 0.2) is 79.3 Å². The Balaban J connectivity index is 0.611. The fourth-order valence-electron chi connectivity index (χ4n) is 8.71. The first-order valence-electron chi connectivity index (χ1n) is 24.3. The molecule has 0 radical (unpaired) electrons. The van der Waals surface area contributed by atoms with E-state index in [9.17, 15) is 28.8 Å². The van der Waals surface area contributed by atoms with E-state index in [1.807, 2.05) is 30.3 Å². The molecule has 0 bridgehead atoms. The number of halogens is 1. The van der Waals surface area contributed by atoms with Gasteiger partial charge in [0, 0.05) is 55.1 Å². The number of anilines is 2. The number of imide groups is 2. The normalized spacial score (nSPS) is 17.6. The van der Waals surface area contributed by atoms with Gasteiger partial charge in [-0.2, -0.15) is 0 Å². The maximum Gasteiger partial charge on any atom is 0.315 e. The number of H-pyrrole nitrogens is 1. The number of aromatic amines is 1. The molecule has 2 aliphatic heterocycles. The first kappa shape index (κ1) is 52.3. The average molecular weight is 1020 g/mol. The molecule has 3 aliphatic rings. The minimum Gasteiger partial charge on any atom is -0.457 e. The number of ether oxygens (including phenoxy) is 6. The van der Waals surface area contributed by atoms with Crippen molar-refractivity contribution in [3.8, 4) is 11.5 Å². The van der Waals surface area contributed by atoms with Crippen LogP contribution in [-0.4, -0.2) is 153 Å². The van der Waals surface area contributed by atoms with E-state index < -0.39 is 29.7 Å². The number of nitrogens with one attached hydrogen (secondary N) is 6. The Kier molecular flexibility index (Phi) is 18.7. The molecule has 6 amide bonds. The number of benzene rings is 3. The minimum absolute atomic E-state index is 0.0132. The van der Waals surface area contributed by atoms with Gasteiger partial charge in [0.15, 0.2) is 5.78 Å². The third kappa shape index (κ3) is 13.9. The van der Waals surface area contributed by atoms with Crippen molar-refractivity contribution in [1.29, 1.82) is 0 Å². The lowest BCUT2D eigenvalue weighted by molar-refractivity contribution is -0.136. The highest BCUT2D eigenvalue weighted by molar-refractivity contribution is 6.36. The Bertz CT molecular complexity index is 2740. The molecule has 73 heavy (non-hydrogen) atoms. The molecule has 1 unspecified atom stereocenters. The largest absolute Gasteiger partial charge is 0.457 e. The first-order chi connectivity index (χ1) is 35.6. The summed E-state index contributed by atoms with van der Waals surface area (Å²) < 4.78 is 33.7. The van der Waals surface area contributed by atoms with Gasteiger partial charge in [0.25, 0.3) is 11.8 Å². The van der Waals surface area contributed by atoms with Gasteiger partial charge in [-0.1, -0.05) is 35.9 Å². The molecule has 4 heterocycles. The summed E-state index contributed by atoms with van der Waals surface area (Å²) in [5.74, 6) is -0.763. The number of aromatic nitrogens is 3. The van der Waals surface area contributed by atoms with Crippen LogP contribution in [0.3, 0.4) is 0 Å². The number of amides is 6. The second-order valence-electron chi connectivity index (χ2n) is 17.3. The van der Waals surface area contributed by atoms with Crippen molar-refractivity contribution in [2.24, 2.45) is 0 Å². The lowest BCUT2D eigenvalue weighted by Crippen LogP contribution is -2.54. The molecule has 1 aliphatic carbocycles. The second-order valence-corrected chi connectivity index (χ2v) is 17.7. The molecule has 5 aromatic rings. The van der Waals surface area contributed by atoms with E-state index in [4.69, 9.17) is 40.0 Å². The zero-order valence-corrected chi connectivity index (χ0v) is 40.8. The van der Waals surface area contributed by atoms with Crippen LogP contribution in [0.2, 0.25) is 5.02 Å². The number of para-hydroxylation sites is 1. The molecule has 386 valence electrons. The van der Waals surface area contributed by atoms with E-state index in [-0.39, 0.29) is 52.9 Å². The number of carbonyl (C=O) groups excluding carboxylic acids is 6. The van der Waals surface area contributed by atoms with E-state index in [1.165, 1.54) is 6.33 Å². The summed E-state index contributed by atoms with van der Waals surface area (Å²) in [6.07, 6.45) is 6.32. The van der Waals surface area contributed by atoms with Crippen LogP contribution in [0.4, 0.5) is 16.3 Å². The average Bonchev–Trinajstić information content (AvgIpc) is 3.94. The van der Waals surface area contributed by atoms with E-state index in [0.717, 1.165) is 30.6 Å². The van der Waals surface area contributed by atoms with Crippen molar-refractivity contribution in [2.75, 3.05) is 89.8 Å². The van der Waals surface area contributed by atoms with Crippen LogP contribution in [0, 0.1) is 0 Å². The van der Waals surface area contributed by atoms with E-state index in [1.54, 1.807) is 42.6 Å². The van der Waals surface area contributed by atoms with Gasteiger partial charge in [0.1, 0.15) is 35.3 Å². The second kappa shape index (κ2) is 26.1. The van der Waals surface area contributed by atoms with E-state index in [2.05, 4.69) is 41.5 Å². The van der Waals surface area contributed by atoms with Crippen molar-refractivity contribution >= 4 is 69.6 Å². The molecule has 6 N–H and O–H groups in total. The third-order valence-corrected chi connectivity index (χ3v) is 12.6. The smallest absolute Gasteiger partial charge is 0.315 e. The van der Waals surface area contributed by atoms with Crippen LogP contribution in [0.1, 0.15) is 75.2 Å². The Morgan fingerprint density at radius 1 is 0.699 bits per heavy atom. The quantitative estimate of drug-likeness (QED) is 0.0223. The highest BCUT2D eigenvalue weighted by atomic mass is 35.5. The first-order valence-corrected chi connectivity index (χ1v) is 24.7. The summed E-state index contributed by atoms with van der Waals surface area (Å²) in [5.41, 5.74) is 2.12. The number of ketones is 1. The van der Waals surface area contributed by atoms with E-state index >= 15 is 0 Å². The molecule has 1 saturated heterocycles. The molecule has 2 aromatic heterocycles. The number of hydrogen-bond acceptors (Lipinski definition) is 16. The highest BCUT2D eigenvalue weighted by Crippen LogP contribution is 2.34. The molecule has 21 nitrogen and oxygen atoms in total. The van der Waals surface area contributed by atoms with Gasteiger partial charge in [0.2, 0.25) is 11.8 Å². The predicted octanol–water partition coefficient (Wildman–Crippen LogP) is 5.25. The van der Waals surface area contributed by atoms with Crippen molar-refractivity contribution in [3.63, 3.8) is 0 Å². The monoisotopic (exact) mass is 1020 g/mol. The van der Waals surface area contributed by atoms with Crippen molar-refractivity contribution in [1.82, 2.24) is 35.8 Å². The molecule has 1 saturated carbocycles. The van der Waals surface area contributed by atoms with Gasteiger partial charge in [-0.25, -0.2) is 14.8 Å². The van der Waals surface area contributed by atoms with Crippen LogP contribution >= 0.6 is 11.6 Å². The summed E-state index contributed by atoms with van der Waals surface area (Å²) in [5, 5.41) is 15.6. The van der Waals surface area contributed by atoms with Crippen molar-refractivity contribution in [2.45, 2.75) is 56.7 Å². The number of nitrogens with zero attached hydrogens (tertiary/aromatic N) is 3. The van der Waals surface area contributed by atoms with Gasteiger partial charge in [-0.15, -0.1) is 0 Å². The molecule has 0 spiro atoms. The molecule has 22 heteroatoms. The molecular formula is C51H58ClN9O12. The number of hydrogen-bond donors (Lipinski definition) is 6. The lowest BCUT2D eigenvalue weighted by Gasteiger charge is -2.30. The van der Waals surface area contributed by atoms with E-state index in [0.29, 0.717) is 124 Å². The minimum atomic E-state index is -1.03. The molecule has 3 aromatic carbocycles. The summed E-state index contributed by atoms with van der Waals surface area (Å²) >= 11 is 6.60. The van der Waals surface area contributed by atoms with Crippen LogP contribution < -0.4 is 31.3 Å². The summed E-state index contributed by atoms with van der Waals surface area (Å²) in [6, 6.07) is 18.0. The summed E-state index contributed by atoms with van der Waals surface area (Å²) in [4.78, 5) is 89.4. The van der Waals surface area contributed by atoms with Crippen LogP contribution in [0.25, 0.3) is 11.0 Å². The number of carbonyl (C=O) groups is 6. The predicted molar refractivity (Wildman–Crippen MR) is 267 cm³/mol. The van der Waals surface area contributed by atoms with Crippen LogP contribution in [-0.2, 0) is 33.3 Å². The van der Waals surface area contributed by atoms with Crippen LogP contribution in [0.5, 0.6) is 11.5 Å². The van der Waals surface area contributed by atoms with Gasteiger partial charge >= 0.3 is 6.03 Å². The number of urea groups is 1. The maximum atomic E-state index is 13.8. The zero-order valence-electron chi connectivity index (χ0n) is 40.1. The summed E-state index contributed by atoms with van der Waals surface area (Å²) in [7, 11) is 0. The summed E-state index contributed by atoms with van der Waals surface area (Å²) in [6.45, 7) is 4.39. The molecular weight excluding hydrogens is 966 g/mol. The number of piperidine rings is 1. The Morgan fingerprint density at radius 2 is 1.37 bits per heavy atom. The SMILES string of the molecule is O=C1CCC(N2C(=O)c3cccc(NCCOCCOCCOCCOCCOCCNC(=O)NC4CCC(Nc5ncnc6[nH]cc(C(=O)c7ccc(Oc8ccccc8)cc7Cl)c56)CC4)c3C2=O)C(=O)N1. The highest BCUT2D eigenvalue weighted by Gasteiger charge is 2.45. The van der Waals surface area contributed by atoms with Gasteiger partial charge < -0.3 is 54.7 Å². The van der Waals surface area contributed by atoms with Crippen molar-refractivity contribution < 1.29 is 57.2 Å². The fraction of sp³-hybridized carbons (Fsp3) is 0.412. The van der Waals surface area contributed by atoms with Gasteiger partial charge in [-0.3, -0.25) is 34.2 Å². The Labute approximate surface area is 425 Å². The lowest BCUT2D eigenvalue weighted by atomic mass is 9.91. The molecule has 1 atom stereocenters. The number of fused-ring (bicyclic) bond motifs is 2. The standard InChI is InChI=1S/C51H58ClN9O12/c52-39-29-35(73-34-5-2-1-3-6-34)13-14-36(39)45(63)38-30-55-46-44(38)47(57-31-56-46)58-32-9-11-33(12-10-32)59-51(67)54-18-20-69-22-24-71-26-28-72-27-25-70-23-21-68-19-17-53-40-8-4-7-37-43(40)50(66)61(49(37)65)41-15-16-42(62)60-48(41)64/h1-8,13-14,29-33,41,53H,9-12,15-28H2,(H2,54,59,67)(H,60,62,64)(H2,55,56,57,58). The van der Waals surface area contributed by atoms with Gasteiger partial charge in [0.05, 0.1) is 93.2 Å². The molecule has 8 rings (SSSR count). The topological polar surface area (TPSA) is 263 Å². The third-order valence-electron chi connectivity index (χ3n) is 12.3. The Hall–Kier alpha value is -7.01. The zero-order chi connectivity index (χ0) is 50.9. The maximum absolute atomic E-state index is 13.8. The number of rotatable bonds is 27. The molecule has 2 fully saturated rings. The fourth-order valence-corrected chi connectivity index (χ4v) is 8.97. The van der Waals surface area contributed by atoms with Gasteiger partial charge in [-0.05, 0) is 68.5 Å².